The summed E-state index contributed by atoms with van der Waals surface area (Å²) in [6.07, 6.45) is 2.48. The lowest BCUT2D eigenvalue weighted by atomic mass is 10.2. The highest BCUT2D eigenvalue weighted by Crippen LogP contribution is 2.19. The molecule has 3 rings (SSSR count). The average Bonchev–Trinajstić information content (AvgIpc) is 3.21. The van der Waals surface area contributed by atoms with Gasteiger partial charge in [-0.15, -0.1) is 0 Å². The van der Waals surface area contributed by atoms with Crippen LogP contribution < -0.4 is 14.8 Å². The third-order valence-corrected chi connectivity index (χ3v) is 4.95. The van der Waals surface area contributed by atoms with Gasteiger partial charge in [-0.3, -0.25) is 4.99 Å². The van der Waals surface area contributed by atoms with Crippen LogP contribution in [0.5, 0.6) is 11.5 Å². The number of benzene rings is 2. The van der Waals surface area contributed by atoms with Gasteiger partial charge in [0.15, 0.2) is 5.96 Å². The fourth-order valence-corrected chi connectivity index (χ4v) is 3.32. The summed E-state index contributed by atoms with van der Waals surface area (Å²) < 4.78 is 11.6. The standard InChI is InChI=1S/C24H33N3O3/c1-2-25-24(27-16-14-21(28)18-27)26-15-6-7-17-29-22-10-12-23(13-11-22)30-19-20-8-4-3-5-9-20/h3-5,8-13,21,28H,2,6-7,14-19H2,1H3,(H,25,26)/t21-/m1/s1. The predicted octanol–water partition coefficient (Wildman–Crippen LogP) is 3.46. The average molecular weight is 412 g/mol. The third-order valence-electron chi connectivity index (χ3n) is 4.95. The molecule has 0 unspecified atom stereocenters. The number of hydrogen-bond donors (Lipinski definition) is 2. The molecule has 1 aliphatic rings. The highest BCUT2D eigenvalue weighted by atomic mass is 16.5. The summed E-state index contributed by atoms with van der Waals surface area (Å²) in [7, 11) is 0. The molecule has 0 radical (unpaired) electrons. The van der Waals surface area contributed by atoms with E-state index in [0.717, 1.165) is 61.9 Å². The van der Waals surface area contributed by atoms with E-state index in [-0.39, 0.29) is 6.10 Å². The number of guanidine groups is 1. The fraction of sp³-hybridized carbons (Fsp3) is 0.458. The molecule has 0 aromatic heterocycles. The molecule has 0 aliphatic carbocycles. The highest BCUT2D eigenvalue weighted by Gasteiger charge is 2.22. The van der Waals surface area contributed by atoms with Gasteiger partial charge in [0, 0.05) is 26.2 Å². The fourth-order valence-electron chi connectivity index (χ4n) is 3.32. The van der Waals surface area contributed by atoms with E-state index in [2.05, 4.69) is 34.3 Å². The van der Waals surface area contributed by atoms with E-state index in [1.165, 1.54) is 0 Å². The highest BCUT2D eigenvalue weighted by molar-refractivity contribution is 5.80. The molecule has 1 heterocycles. The summed E-state index contributed by atoms with van der Waals surface area (Å²) in [5, 5.41) is 13.0. The molecule has 1 aliphatic heterocycles. The molecule has 6 nitrogen and oxygen atoms in total. The Labute approximate surface area is 179 Å². The van der Waals surface area contributed by atoms with Crippen LogP contribution in [0.2, 0.25) is 0 Å². The number of β-amino-alcohol motifs (C(OH)–C–C–N with tert-alkyl or cyclic N) is 1. The van der Waals surface area contributed by atoms with E-state index >= 15 is 0 Å². The zero-order valence-corrected chi connectivity index (χ0v) is 17.8. The molecule has 0 spiro atoms. The van der Waals surface area contributed by atoms with Crippen LogP contribution in [0.1, 0.15) is 31.7 Å². The van der Waals surface area contributed by atoms with Crippen LogP contribution in [-0.4, -0.2) is 54.9 Å². The van der Waals surface area contributed by atoms with Crippen LogP contribution in [0.25, 0.3) is 0 Å². The van der Waals surface area contributed by atoms with Gasteiger partial charge in [0.05, 0.1) is 12.7 Å². The van der Waals surface area contributed by atoms with Gasteiger partial charge in [-0.25, -0.2) is 0 Å². The van der Waals surface area contributed by atoms with Gasteiger partial charge in [0.2, 0.25) is 0 Å². The number of hydrogen-bond acceptors (Lipinski definition) is 4. The van der Waals surface area contributed by atoms with E-state index in [1.54, 1.807) is 0 Å². The minimum Gasteiger partial charge on any atom is -0.494 e. The first-order valence-electron chi connectivity index (χ1n) is 10.9. The Morgan fingerprint density at radius 1 is 1.07 bits per heavy atom. The van der Waals surface area contributed by atoms with Gasteiger partial charge in [0.25, 0.3) is 0 Å². The number of unbranched alkanes of at least 4 members (excludes halogenated alkanes) is 1. The van der Waals surface area contributed by atoms with Gasteiger partial charge in [-0.05, 0) is 56.0 Å². The zero-order valence-electron chi connectivity index (χ0n) is 17.8. The Morgan fingerprint density at radius 2 is 1.80 bits per heavy atom. The summed E-state index contributed by atoms with van der Waals surface area (Å²) >= 11 is 0. The summed E-state index contributed by atoms with van der Waals surface area (Å²) in [4.78, 5) is 6.81. The summed E-state index contributed by atoms with van der Waals surface area (Å²) in [6, 6.07) is 17.9. The smallest absolute Gasteiger partial charge is 0.194 e. The Kier molecular flexibility index (Phi) is 8.84. The molecule has 162 valence electrons. The Hall–Kier alpha value is -2.73. The van der Waals surface area contributed by atoms with Crippen LogP contribution in [0.4, 0.5) is 0 Å². The molecule has 1 fully saturated rings. The molecule has 2 N–H and O–H groups in total. The first kappa shape index (κ1) is 22.0. The van der Waals surface area contributed by atoms with E-state index in [9.17, 15) is 5.11 Å². The normalized spacial score (nSPS) is 16.5. The maximum absolute atomic E-state index is 9.72. The number of nitrogens with zero attached hydrogens (tertiary/aromatic N) is 2. The Balaban J connectivity index is 1.33. The molecule has 0 amide bonds. The molecule has 1 saturated heterocycles. The maximum Gasteiger partial charge on any atom is 0.194 e. The zero-order chi connectivity index (χ0) is 21.0. The Morgan fingerprint density at radius 3 is 2.47 bits per heavy atom. The minimum absolute atomic E-state index is 0.239. The molecule has 1 atom stereocenters. The van der Waals surface area contributed by atoms with Crippen molar-refractivity contribution in [1.82, 2.24) is 10.2 Å². The monoisotopic (exact) mass is 411 g/mol. The van der Waals surface area contributed by atoms with Crippen molar-refractivity contribution in [1.29, 1.82) is 0 Å². The van der Waals surface area contributed by atoms with Crippen molar-refractivity contribution in [2.75, 3.05) is 32.8 Å². The lowest BCUT2D eigenvalue weighted by molar-refractivity contribution is 0.188. The van der Waals surface area contributed by atoms with E-state index in [4.69, 9.17) is 9.47 Å². The van der Waals surface area contributed by atoms with Gasteiger partial charge in [-0.1, -0.05) is 30.3 Å². The SMILES string of the molecule is CCNC(=NCCCCOc1ccc(OCc2ccccc2)cc1)N1CC[C@@H](O)C1. The molecule has 0 bridgehead atoms. The van der Waals surface area contributed by atoms with E-state index in [0.29, 0.717) is 19.8 Å². The number of likely N-dealkylation sites (tertiary alicyclic amines) is 1. The van der Waals surface area contributed by atoms with Crippen molar-refractivity contribution < 1.29 is 14.6 Å². The first-order chi connectivity index (χ1) is 14.7. The minimum atomic E-state index is -0.239. The molecule has 2 aromatic rings. The van der Waals surface area contributed by atoms with Crippen LogP contribution in [0, 0.1) is 0 Å². The van der Waals surface area contributed by atoms with Crippen molar-refractivity contribution >= 4 is 5.96 Å². The summed E-state index contributed by atoms with van der Waals surface area (Å²) in [5.41, 5.74) is 1.15. The Bertz CT molecular complexity index is 765. The number of aliphatic hydroxyl groups excluding tert-OH is 1. The van der Waals surface area contributed by atoms with Crippen molar-refractivity contribution in [2.24, 2.45) is 4.99 Å². The van der Waals surface area contributed by atoms with E-state index in [1.807, 2.05) is 42.5 Å². The number of ether oxygens (including phenoxy) is 2. The van der Waals surface area contributed by atoms with E-state index < -0.39 is 0 Å². The number of aliphatic imine (C=N–C) groups is 1. The van der Waals surface area contributed by atoms with Crippen molar-refractivity contribution in [3.8, 4) is 11.5 Å². The van der Waals surface area contributed by atoms with Crippen LogP contribution >= 0.6 is 0 Å². The lowest BCUT2D eigenvalue weighted by Crippen LogP contribution is -2.40. The molecular formula is C24H33N3O3. The summed E-state index contributed by atoms with van der Waals surface area (Å²) in [5.74, 6) is 2.59. The van der Waals surface area contributed by atoms with Crippen molar-refractivity contribution in [2.45, 2.75) is 38.9 Å². The molecular weight excluding hydrogens is 378 g/mol. The number of rotatable bonds is 10. The first-order valence-corrected chi connectivity index (χ1v) is 10.9. The van der Waals surface area contributed by atoms with Crippen LogP contribution in [0.3, 0.4) is 0 Å². The lowest BCUT2D eigenvalue weighted by Gasteiger charge is -2.20. The quantitative estimate of drug-likeness (QED) is 0.356. The second kappa shape index (κ2) is 12.1. The second-order valence-electron chi connectivity index (χ2n) is 7.43. The largest absolute Gasteiger partial charge is 0.494 e. The molecule has 6 heteroatoms. The maximum atomic E-state index is 9.72. The van der Waals surface area contributed by atoms with Crippen LogP contribution in [0.15, 0.2) is 59.6 Å². The molecule has 2 aromatic carbocycles. The molecule has 30 heavy (non-hydrogen) atoms. The van der Waals surface area contributed by atoms with Crippen molar-refractivity contribution in [3.05, 3.63) is 60.2 Å². The van der Waals surface area contributed by atoms with Gasteiger partial charge in [0.1, 0.15) is 18.1 Å². The molecule has 0 saturated carbocycles. The van der Waals surface area contributed by atoms with Crippen LogP contribution in [-0.2, 0) is 6.61 Å². The topological polar surface area (TPSA) is 66.3 Å². The van der Waals surface area contributed by atoms with Gasteiger partial charge >= 0.3 is 0 Å². The van der Waals surface area contributed by atoms with Crippen molar-refractivity contribution in [3.63, 3.8) is 0 Å². The second-order valence-corrected chi connectivity index (χ2v) is 7.43. The predicted molar refractivity (Wildman–Crippen MR) is 120 cm³/mol. The van der Waals surface area contributed by atoms with Gasteiger partial charge < -0.3 is 24.8 Å². The van der Waals surface area contributed by atoms with Gasteiger partial charge in [-0.2, -0.15) is 0 Å². The summed E-state index contributed by atoms with van der Waals surface area (Å²) in [6.45, 7) is 6.41. The third kappa shape index (κ3) is 7.26. The number of aliphatic hydroxyl groups is 1. The number of nitrogens with one attached hydrogen (secondary N) is 1.